The zero-order chi connectivity index (χ0) is 22.2. The van der Waals surface area contributed by atoms with Gasteiger partial charge in [0, 0.05) is 15.4 Å². The maximum atomic E-state index is 12.6. The second-order valence-electron chi connectivity index (χ2n) is 6.30. The van der Waals surface area contributed by atoms with Crippen LogP contribution < -0.4 is 14.8 Å². The van der Waals surface area contributed by atoms with Gasteiger partial charge in [-0.15, -0.1) is 11.3 Å². The van der Waals surface area contributed by atoms with E-state index in [4.69, 9.17) is 14.2 Å². The molecule has 0 spiro atoms. The smallest absolute Gasteiger partial charge is 0.341 e. The maximum Gasteiger partial charge on any atom is 0.341 e. The van der Waals surface area contributed by atoms with Crippen LogP contribution in [0.5, 0.6) is 11.5 Å². The van der Waals surface area contributed by atoms with Crippen molar-refractivity contribution in [3.63, 3.8) is 0 Å². The number of carbonyl (C=O) groups excluding carboxylic acids is 2. The van der Waals surface area contributed by atoms with Crippen LogP contribution in [0.2, 0.25) is 0 Å². The summed E-state index contributed by atoms with van der Waals surface area (Å²) in [4.78, 5) is 25.2. The molecule has 31 heavy (non-hydrogen) atoms. The van der Waals surface area contributed by atoms with Crippen LogP contribution in [0.15, 0.2) is 58.4 Å². The summed E-state index contributed by atoms with van der Waals surface area (Å²) < 4.78 is 17.3. The molecule has 0 unspecified atom stereocenters. The third kappa shape index (κ3) is 5.86. The molecule has 1 amide bonds. The van der Waals surface area contributed by atoms with Crippen molar-refractivity contribution in [3.8, 4) is 22.6 Å². The van der Waals surface area contributed by atoms with E-state index in [0.717, 1.165) is 10.0 Å². The monoisotopic (exact) mass is 503 g/mol. The lowest BCUT2D eigenvalue weighted by molar-refractivity contribution is -0.118. The number of benzene rings is 2. The second kappa shape index (κ2) is 11.0. The summed E-state index contributed by atoms with van der Waals surface area (Å²) in [5.74, 6) is 0.172. The van der Waals surface area contributed by atoms with Gasteiger partial charge in [0.05, 0.1) is 13.2 Å². The molecule has 6 nitrogen and oxygen atoms in total. The van der Waals surface area contributed by atoms with Gasteiger partial charge in [-0.1, -0.05) is 40.2 Å². The van der Waals surface area contributed by atoms with Crippen molar-refractivity contribution in [2.75, 3.05) is 25.1 Å². The number of thiophene rings is 1. The lowest BCUT2D eigenvalue weighted by Crippen LogP contribution is -2.21. The quantitative estimate of drug-likeness (QED) is 0.375. The first kappa shape index (κ1) is 22.8. The van der Waals surface area contributed by atoms with Crippen molar-refractivity contribution in [3.05, 3.63) is 63.9 Å². The molecule has 0 aliphatic heterocycles. The molecule has 0 aliphatic carbocycles. The van der Waals surface area contributed by atoms with E-state index in [-0.39, 0.29) is 19.1 Å². The minimum atomic E-state index is -0.487. The van der Waals surface area contributed by atoms with Crippen LogP contribution in [0.25, 0.3) is 11.1 Å². The zero-order valence-corrected chi connectivity index (χ0v) is 19.5. The molecule has 1 heterocycles. The fraction of sp³-hybridized carbons (Fsp3) is 0.217. The molecule has 0 saturated carbocycles. The first-order chi connectivity index (χ1) is 15.0. The summed E-state index contributed by atoms with van der Waals surface area (Å²) in [5.41, 5.74) is 1.89. The Morgan fingerprint density at radius 1 is 0.968 bits per heavy atom. The highest BCUT2D eigenvalue weighted by Gasteiger charge is 2.23. The Balaban J connectivity index is 1.78. The Kier molecular flexibility index (Phi) is 8.08. The topological polar surface area (TPSA) is 73.9 Å². The number of para-hydroxylation sites is 2. The molecule has 8 heteroatoms. The molecule has 1 aromatic heterocycles. The molecule has 2 aromatic carbocycles. The third-order valence-corrected chi connectivity index (χ3v) is 5.61. The van der Waals surface area contributed by atoms with Gasteiger partial charge in [-0.05, 0) is 43.7 Å². The van der Waals surface area contributed by atoms with E-state index in [9.17, 15) is 9.59 Å². The highest BCUT2D eigenvalue weighted by atomic mass is 79.9. The van der Waals surface area contributed by atoms with Gasteiger partial charge in [-0.3, -0.25) is 4.79 Å². The van der Waals surface area contributed by atoms with Gasteiger partial charge in [-0.25, -0.2) is 4.79 Å². The van der Waals surface area contributed by atoms with Crippen LogP contribution >= 0.6 is 27.3 Å². The molecule has 162 valence electrons. The largest absolute Gasteiger partial charge is 0.490 e. The molecule has 3 aromatic rings. The summed E-state index contributed by atoms with van der Waals surface area (Å²) in [6, 6.07) is 14.7. The van der Waals surface area contributed by atoms with E-state index >= 15 is 0 Å². The molecule has 0 fully saturated rings. The SMILES string of the molecule is CCOC(=O)c1c(-c2ccc(Br)cc2)csc1NC(=O)COc1ccccc1OCC. The van der Waals surface area contributed by atoms with E-state index in [1.54, 1.807) is 25.1 Å². The number of nitrogens with one attached hydrogen (secondary N) is 1. The Morgan fingerprint density at radius 3 is 2.29 bits per heavy atom. The number of carbonyl (C=O) groups is 2. The Bertz CT molecular complexity index is 1050. The Morgan fingerprint density at radius 2 is 1.65 bits per heavy atom. The minimum Gasteiger partial charge on any atom is -0.490 e. The fourth-order valence-corrected chi connectivity index (χ4v) is 4.09. The van der Waals surface area contributed by atoms with Crippen molar-refractivity contribution >= 4 is 44.1 Å². The van der Waals surface area contributed by atoms with E-state index < -0.39 is 5.97 Å². The summed E-state index contributed by atoms with van der Waals surface area (Å²) in [7, 11) is 0. The van der Waals surface area contributed by atoms with Crippen molar-refractivity contribution in [2.24, 2.45) is 0 Å². The first-order valence-electron chi connectivity index (χ1n) is 9.72. The third-order valence-electron chi connectivity index (χ3n) is 4.19. The van der Waals surface area contributed by atoms with Crippen molar-refractivity contribution in [1.29, 1.82) is 0 Å². The van der Waals surface area contributed by atoms with Crippen molar-refractivity contribution < 1.29 is 23.8 Å². The predicted octanol–water partition coefficient (Wildman–Crippen LogP) is 5.77. The second-order valence-corrected chi connectivity index (χ2v) is 8.09. The van der Waals surface area contributed by atoms with Crippen molar-refractivity contribution in [1.82, 2.24) is 0 Å². The van der Waals surface area contributed by atoms with Gasteiger partial charge in [-0.2, -0.15) is 0 Å². The lowest BCUT2D eigenvalue weighted by atomic mass is 10.0. The summed E-state index contributed by atoms with van der Waals surface area (Å²) >= 11 is 4.68. The van der Waals surface area contributed by atoms with Crippen LogP contribution in [0.1, 0.15) is 24.2 Å². The number of halogens is 1. The van der Waals surface area contributed by atoms with Gasteiger partial charge >= 0.3 is 5.97 Å². The minimum absolute atomic E-state index is 0.224. The fourth-order valence-electron chi connectivity index (χ4n) is 2.85. The number of rotatable bonds is 9. The summed E-state index contributed by atoms with van der Waals surface area (Å²) in [6.45, 7) is 4.12. The van der Waals surface area contributed by atoms with Gasteiger partial charge < -0.3 is 19.5 Å². The zero-order valence-electron chi connectivity index (χ0n) is 17.1. The van der Waals surface area contributed by atoms with E-state index in [2.05, 4.69) is 21.2 Å². The summed E-state index contributed by atoms with van der Waals surface area (Å²) in [6.07, 6.45) is 0. The van der Waals surface area contributed by atoms with E-state index in [1.165, 1.54) is 11.3 Å². The van der Waals surface area contributed by atoms with Crippen LogP contribution in [0.4, 0.5) is 5.00 Å². The van der Waals surface area contributed by atoms with Crippen LogP contribution in [0, 0.1) is 0 Å². The number of hydrogen-bond donors (Lipinski definition) is 1. The van der Waals surface area contributed by atoms with Crippen LogP contribution in [-0.2, 0) is 9.53 Å². The van der Waals surface area contributed by atoms with E-state index in [1.807, 2.05) is 42.6 Å². The predicted molar refractivity (Wildman–Crippen MR) is 125 cm³/mol. The summed E-state index contributed by atoms with van der Waals surface area (Å²) in [5, 5.41) is 5.03. The molecule has 3 rings (SSSR count). The molecular weight excluding hydrogens is 482 g/mol. The molecule has 0 aliphatic rings. The molecule has 0 bridgehead atoms. The molecule has 1 N–H and O–H groups in total. The van der Waals surface area contributed by atoms with Gasteiger partial charge in [0.2, 0.25) is 0 Å². The highest BCUT2D eigenvalue weighted by molar-refractivity contribution is 9.10. The number of anilines is 1. The maximum absolute atomic E-state index is 12.6. The number of hydrogen-bond acceptors (Lipinski definition) is 6. The standard InChI is InChI=1S/C23H22BrNO5S/c1-3-28-18-7-5-6-8-19(18)30-13-20(26)25-22-21(23(27)29-4-2)17(14-31-22)15-9-11-16(24)12-10-15/h5-12,14H,3-4,13H2,1-2H3,(H,25,26). The van der Waals surface area contributed by atoms with Crippen LogP contribution in [-0.4, -0.2) is 31.7 Å². The molecule has 0 saturated heterocycles. The lowest BCUT2D eigenvalue weighted by Gasteiger charge is -2.12. The van der Waals surface area contributed by atoms with Crippen LogP contribution in [0.3, 0.4) is 0 Å². The highest BCUT2D eigenvalue weighted by Crippen LogP contribution is 2.36. The Labute approximate surface area is 193 Å². The average Bonchev–Trinajstić information content (AvgIpc) is 3.17. The number of amides is 1. The first-order valence-corrected chi connectivity index (χ1v) is 11.4. The van der Waals surface area contributed by atoms with Gasteiger partial charge in [0.25, 0.3) is 5.91 Å². The normalized spacial score (nSPS) is 10.4. The van der Waals surface area contributed by atoms with Gasteiger partial charge in [0.15, 0.2) is 18.1 Å². The Hall–Kier alpha value is -2.84. The molecule has 0 radical (unpaired) electrons. The van der Waals surface area contributed by atoms with Gasteiger partial charge in [0.1, 0.15) is 10.6 Å². The molecular formula is C23H22BrNO5S. The van der Waals surface area contributed by atoms with E-state index in [0.29, 0.717) is 34.2 Å². The number of ether oxygens (including phenoxy) is 3. The van der Waals surface area contributed by atoms with Crippen molar-refractivity contribution in [2.45, 2.75) is 13.8 Å². The molecule has 0 atom stereocenters. The number of esters is 1. The average molecular weight is 504 g/mol.